The van der Waals surface area contributed by atoms with Crippen molar-refractivity contribution >= 4 is 22.7 Å². The molecule has 0 saturated carbocycles. The minimum absolute atomic E-state index is 0.260. The summed E-state index contributed by atoms with van der Waals surface area (Å²) in [5, 5.41) is 4.54. The third-order valence-corrected chi connectivity index (χ3v) is 4.40. The van der Waals surface area contributed by atoms with E-state index in [-0.39, 0.29) is 5.78 Å². The van der Waals surface area contributed by atoms with Gasteiger partial charge in [-0.25, -0.2) is 4.79 Å². The fourth-order valence-electron chi connectivity index (χ4n) is 2.94. The molecule has 7 nitrogen and oxygen atoms in total. The van der Waals surface area contributed by atoms with E-state index in [2.05, 4.69) is 15.1 Å². The fourth-order valence-corrected chi connectivity index (χ4v) is 2.94. The summed E-state index contributed by atoms with van der Waals surface area (Å²) in [6.45, 7) is 3.29. The summed E-state index contributed by atoms with van der Waals surface area (Å²) in [6.07, 6.45) is 0.725. The van der Waals surface area contributed by atoms with Gasteiger partial charge in [-0.2, -0.15) is 4.98 Å². The zero-order chi connectivity index (χ0) is 19.7. The van der Waals surface area contributed by atoms with E-state index < -0.39 is 12.1 Å². The number of Topliss-reactive ketones (excluding diaryl/α,β-unsaturated/α-hetero) is 1. The van der Waals surface area contributed by atoms with Crippen LogP contribution >= 0.6 is 0 Å². The minimum atomic E-state index is -0.912. The zero-order valence-corrected chi connectivity index (χ0v) is 15.3. The van der Waals surface area contributed by atoms with E-state index in [1.807, 2.05) is 24.3 Å². The molecule has 1 atom stereocenters. The van der Waals surface area contributed by atoms with Crippen LogP contribution in [0, 0.1) is 6.92 Å². The van der Waals surface area contributed by atoms with Gasteiger partial charge in [-0.15, -0.1) is 0 Å². The van der Waals surface area contributed by atoms with Crippen molar-refractivity contribution in [2.75, 3.05) is 0 Å². The second-order valence-corrected chi connectivity index (χ2v) is 6.38. The average molecular weight is 375 g/mol. The third-order valence-electron chi connectivity index (χ3n) is 4.40. The molecule has 2 aromatic heterocycles. The number of para-hydroxylation sites is 1. The molecule has 2 aromatic carbocycles. The number of benzene rings is 2. The summed E-state index contributed by atoms with van der Waals surface area (Å²) in [7, 11) is 0. The molecule has 28 heavy (non-hydrogen) atoms. The number of hydrogen-bond acceptors (Lipinski definition) is 6. The molecule has 7 heteroatoms. The number of esters is 1. The first-order valence-electron chi connectivity index (χ1n) is 8.75. The number of aromatic nitrogens is 3. The van der Waals surface area contributed by atoms with Crippen LogP contribution in [-0.2, 0) is 4.74 Å². The second kappa shape index (κ2) is 7.11. The molecule has 1 N–H and O–H groups in total. The van der Waals surface area contributed by atoms with Gasteiger partial charge in [0.25, 0.3) is 5.89 Å². The van der Waals surface area contributed by atoms with Gasteiger partial charge >= 0.3 is 5.97 Å². The summed E-state index contributed by atoms with van der Waals surface area (Å²) < 4.78 is 10.5. The SMILES string of the molecule is Cc1noc(-c2ccc(C(=O)O[C@H](C)C(=O)c3c[nH]c4ccccc34)cc2)n1. The Hall–Kier alpha value is -3.74. The van der Waals surface area contributed by atoms with Crippen LogP contribution in [-0.4, -0.2) is 33.0 Å². The van der Waals surface area contributed by atoms with Crippen LogP contribution in [0.15, 0.2) is 59.3 Å². The Morgan fingerprint density at radius 3 is 2.57 bits per heavy atom. The highest BCUT2D eigenvalue weighted by Gasteiger charge is 2.23. The molecule has 0 aliphatic carbocycles. The summed E-state index contributed by atoms with van der Waals surface area (Å²) in [5.74, 6) is 0.0705. The molecule has 0 fully saturated rings. The monoisotopic (exact) mass is 375 g/mol. The van der Waals surface area contributed by atoms with Crippen molar-refractivity contribution in [2.45, 2.75) is 20.0 Å². The highest BCUT2D eigenvalue weighted by Crippen LogP contribution is 2.21. The van der Waals surface area contributed by atoms with Gasteiger partial charge in [-0.1, -0.05) is 23.4 Å². The van der Waals surface area contributed by atoms with Crippen LogP contribution in [0.5, 0.6) is 0 Å². The molecule has 0 amide bonds. The summed E-state index contributed by atoms with van der Waals surface area (Å²) in [5.41, 5.74) is 2.38. The maximum absolute atomic E-state index is 12.7. The molecular weight excluding hydrogens is 358 g/mol. The quantitative estimate of drug-likeness (QED) is 0.419. The number of hydrogen-bond donors (Lipinski definition) is 1. The van der Waals surface area contributed by atoms with Crippen molar-refractivity contribution in [3.63, 3.8) is 0 Å². The van der Waals surface area contributed by atoms with Crippen molar-refractivity contribution in [1.82, 2.24) is 15.1 Å². The Labute approximate surface area is 160 Å². The Bertz CT molecular complexity index is 1160. The van der Waals surface area contributed by atoms with E-state index in [1.165, 1.54) is 0 Å². The average Bonchev–Trinajstić information content (AvgIpc) is 3.34. The standard InChI is InChI=1S/C21H17N3O4/c1-12(19(25)17-11-22-18-6-4-3-5-16(17)18)27-21(26)15-9-7-14(8-10-15)20-23-13(2)24-28-20/h3-12,22H,1-2H3/t12-/m1/s1. The molecule has 2 heterocycles. The maximum atomic E-state index is 12.7. The van der Waals surface area contributed by atoms with Gasteiger partial charge in [-0.05, 0) is 44.2 Å². The van der Waals surface area contributed by atoms with Crippen LogP contribution < -0.4 is 0 Å². The lowest BCUT2D eigenvalue weighted by atomic mass is 10.1. The highest BCUT2D eigenvalue weighted by molar-refractivity contribution is 6.10. The Balaban J connectivity index is 1.47. The first-order chi connectivity index (χ1) is 13.5. The molecule has 4 aromatic rings. The highest BCUT2D eigenvalue weighted by atomic mass is 16.5. The van der Waals surface area contributed by atoms with Gasteiger partial charge in [-0.3, -0.25) is 4.79 Å². The van der Waals surface area contributed by atoms with Gasteiger partial charge in [0.2, 0.25) is 5.78 Å². The lowest BCUT2D eigenvalue weighted by Crippen LogP contribution is -2.24. The fraction of sp³-hybridized carbons (Fsp3) is 0.143. The first-order valence-corrected chi connectivity index (χ1v) is 8.75. The van der Waals surface area contributed by atoms with Gasteiger partial charge < -0.3 is 14.2 Å². The number of rotatable bonds is 5. The molecule has 0 aliphatic rings. The van der Waals surface area contributed by atoms with Gasteiger partial charge in [0.15, 0.2) is 11.9 Å². The first kappa shape index (κ1) is 17.7. The molecule has 0 unspecified atom stereocenters. The lowest BCUT2D eigenvalue weighted by molar-refractivity contribution is 0.0319. The molecule has 0 radical (unpaired) electrons. The smallest absolute Gasteiger partial charge is 0.338 e. The van der Waals surface area contributed by atoms with Crippen LogP contribution in [0.1, 0.15) is 33.5 Å². The molecular formula is C21H17N3O4. The van der Waals surface area contributed by atoms with Gasteiger partial charge in [0, 0.05) is 28.2 Å². The summed E-state index contributed by atoms with van der Waals surface area (Å²) in [4.78, 5) is 32.3. The van der Waals surface area contributed by atoms with E-state index in [9.17, 15) is 9.59 Å². The minimum Gasteiger partial charge on any atom is -0.451 e. The van der Waals surface area contributed by atoms with Crippen molar-refractivity contribution < 1.29 is 18.8 Å². The summed E-state index contributed by atoms with van der Waals surface area (Å²) in [6, 6.07) is 14.1. The third kappa shape index (κ3) is 3.29. The van der Waals surface area contributed by atoms with Gasteiger partial charge in [0.05, 0.1) is 5.56 Å². The van der Waals surface area contributed by atoms with Crippen molar-refractivity contribution in [3.8, 4) is 11.5 Å². The largest absolute Gasteiger partial charge is 0.451 e. The molecule has 4 rings (SSSR count). The Morgan fingerprint density at radius 2 is 1.86 bits per heavy atom. The number of nitrogens with one attached hydrogen (secondary N) is 1. The van der Waals surface area contributed by atoms with Crippen molar-refractivity contribution in [3.05, 3.63) is 71.7 Å². The summed E-state index contributed by atoms with van der Waals surface area (Å²) >= 11 is 0. The van der Waals surface area contributed by atoms with Crippen LogP contribution in [0.3, 0.4) is 0 Å². The molecule has 0 saturated heterocycles. The Kier molecular flexibility index (Phi) is 4.49. The van der Waals surface area contributed by atoms with E-state index >= 15 is 0 Å². The number of carbonyl (C=O) groups is 2. The van der Waals surface area contributed by atoms with E-state index in [0.717, 1.165) is 10.9 Å². The number of H-pyrrole nitrogens is 1. The Morgan fingerprint density at radius 1 is 1.11 bits per heavy atom. The van der Waals surface area contributed by atoms with Crippen molar-refractivity contribution in [2.24, 2.45) is 0 Å². The van der Waals surface area contributed by atoms with Crippen LogP contribution in [0.25, 0.3) is 22.4 Å². The number of fused-ring (bicyclic) bond motifs is 1. The zero-order valence-electron chi connectivity index (χ0n) is 15.3. The van der Waals surface area contributed by atoms with Crippen LogP contribution in [0.4, 0.5) is 0 Å². The normalized spacial score (nSPS) is 12.1. The number of aryl methyl sites for hydroxylation is 1. The number of carbonyl (C=O) groups excluding carboxylic acids is 2. The van der Waals surface area contributed by atoms with Crippen LogP contribution in [0.2, 0.25) is 0 Å². The predicted octanol–water partition coefficient (Wildman–Crippen LogP) is 3.95. The van der Waals surface area contributed by atoms with E-state index in [4.69, 9.17) is 9.26 Å². The lowest BCUT2D eigenvalue weighted by Gasteiger charge is -2.12. The number of ether oxygens (including phenoxy) is 1. The number of aromatic amines is 1. The molecule has 140 valence electrons. The molecule has 0 spiro atoms. The molecule has 0 aliphatic heterocycles. The van der Waals surface area contributed by atoms with Gasteiger partial charge in [0.1, 0.15) is 0 Å². The molecule has 0 bridgehead atoms. The van der Waals surface area contributed by atoms with Crippen molar-refractivity contribution in [1.29, 1.82) is 0 Å². The predicted molar refractivity (Wildman–Crippen MR) is 102 cm³/mol. The second-order valence-electron chi connectivity index (χ2n) is 6.38. The number of ketones is 1. The van der Waals surface area contributed by atoms with E-state index in [0.29, 0.717) is 28.4 Å². The topological polar surface area (TPSA) is 98.1 Å². The maximum Gasteiger partial charge on any atom is 0.338 e. The number of nitrogens with zero attached hydrogens (tertiary/aromatic N) is 2. The van der Waals surface area contributed by atoms with E-state index in [1.54, 1.807) is 44.3 Å².